The molecule has 0 bridgehead atoms. The molecule has 4 heteroatoms. The molecule has 1 aromatic heterocycles. The highest BCUT2D eigenvalue weighted by atomic mass is 16.3. The summed E-state index contributed by atoms with van der Waals surface area (Å²) >= 11 is 0. The van der Waals surface area contributed by atoms with Gasteiger partial charge < -0.3 is 10.4 Å². The molecule has 1 unspecified atom stereocenters. The van der Waals surface area contributed by atoms with Gasteiger partial charge in [0.1, 0.15) is 0 Å². The van der Waals surface area contributed by atoms with Gasteiger partial charge in [-0.2, -0.15) is 5.10 Å². The number of aliphatic hydroxyl groups excluding tert-OH is 1. The van der Waals surface area contributed by atoms with Crippen molar-refractivity contribution in [3.05, 3.63) is 17.0 Å². The zero-order chi connectivity index (χ0) is 11.6. The predicted octanol–water partition coefficient (Wildman–Crippen LogP) is 1.07. The van der Waals surface area contributed by atoms with Gasteiger partial charge in [-0.15, -0.1) is 0 Å². The summed E-state index contributed by atoms with van der Waals surface area (Å²) in [7, 11) is 1.95. The molecular weight excluding hydrogens is 190 g/mol. The number of aromatic nitrogens is 2. The number of hydrogen-bond donors (Lipinski definition) is 2. The number of aliphatic hydroxyl groups is 1. The van der Waals surface area contributed by atoms with Crippen LogP contribution in [0.5, 0.6) is 0 Å². The average Bonchev–Trinajstić information content (AvgIpc) is 2.41. The maximum Gasteiger partial charge on any atom is 0.0644 e. The molecule has 0 fully saturated rings. The Balaban J connectivity index is 2.86. The Bertz CT molecular complexity index is 333. The number of nitrogens with one attached hydrogen (secondary N) is 1. The van der Waals surface area contributed by atoms with Crippen LogP contribution in [-0.2, 0) is 7.05 Å². The molecule has 0 saturated heterocycles. The van der Waals surface area contributed by atoms with Gasteiger partial charge in [0.25, 0.3) is 0 Å². The molecule has 0 aromatic carbocycles. The summed E-state index contributed by atoms with van der Waals surface area (Å²) in [6.45, 7) is 8.31. The molecule has 4 nitrogen and oxygen atoms in total. The lowest BCUT2D eigenvalue weighted by Crippen LogP contribution is -2.32. The zero-order valence-corrected chi connectivity index (χ0v) is 10.2. The van der Waals surface area contributed by atoms with E-state index in [0.717, 1.165) is 5.69 Å². The van der Waals surface area contributed by atoms with Gasteiger partial charge in [0.05, 0.1) is 12.3 Å². The summed E-state index contributed by atoms with van der Waals surface area (Å²) in [6, 6.07) is 0.333. The van der Waals surface area contributed by atoms with E-state index >= 15 is 0 Å². The number of aryl methyl sites for hydroxylation is 2. The molecule has 0 radical (unpaired) electrons. The van der Waals surface area contributed by atoms with Crippen molar-refractivity contribution in [2.75, 3.05) is 6.61 Å². The van der Waals surface area contributed by atoms with Crippen molar-refractivity contribution >= 4 is 0 Å². The van der Waals surface area contributed by atoms with E-state index < -0.39 is 0 Å². The highest BCUT2D eigenvalue weighted by Gasteiger charge is 2.17. The SMILES string of the molecule is Cc1nn(C)c(C)c1C(C)N[C@H](C)CO. The predicted molar refractivity (Wildman–Crippen MR) is 60.8 cm³/mol. The monoisotopic (exact) mass is 211 g/mol. The lowest BCUT2D eigenvalue weighted by atomic mass is 10.1. The molecule has 0 amide bonds. The molecule has 1 rings (SSSR count). The molecule has 0 spiro atoms. The molecule has 15 heavy (non-hydrogen) atoms. The van der Waals surface area contributed by atoms with Crippen molar-refractivity contribution < 1.29 is 5.11 Å². The van der Waals surface area contributed by atoms with E-state index in [1.807, 2.05) is 25.6 Å². The Morgan fingerprint density at radius 3 is 2.40 bits per heavy atom. The summed E-state index contributed by atoms with van der Waals surface area (Å²) in [4.78, 5) is 0. The lowest BCUT2D eigenvalue weighted by Gasteiger charge is -2.18. The van der Waals surface area contributed by atoms with Gasteiger partial charge in [-0.25, -0.2) is 0 Å². The molecule has 2 atom stereocenters. The quantitative estimate of drug-likeness (QED) is 0.783. The minimum Gasteiger partial charge on any atom is -0.395 e. The van der Waals surface area contributed by atoms with Crippen LogP contribution in [0, 0.1) is 13.8 Å². The maximum atomic E-state index is 8.99. The summed E-state index contributed by atoms with van der Waals surface area (Å²) in [5, 5.41) is 16.7. The minimum atomic E-state index is 0.110. The fraction of sp³-hybridized carbons (Fsp3) is 0.727. The zero-order valence-electron chi connectivity index (χ0n) is 10.2. The van der Waals surface area contributed by atoms with Crippen LogP contribution in [0.4, 0.5) is 0 Å². The van der Waals surface area contributed by atoms with Crippen molar-refractivity contribution in [2.24, 2.45) is 7.05 Å². The van der Waals surface area contributed by atoms with E-state index in [0.29, 0.717) is 0 Å². The van der Waals surface area contributed by atoms with Gasteiger partial charge in [-0.05, 0) is 27.7 Å². The Labute approximate surface area is 91.3 Å². The molecule has 0 aliphatic carbocycles. The van der Waals surface area contributed by atoms with Crippen LogP contribution in [0.1, 0.15) is 36.8 Å². The first kappa shape index (κ1) is 12.2. The normalized spacial score (nSPS) is 15.3. The van der Waals surface area contributed by atoms with Gasteiger partial charge >= 0.3 is 0 Å². The molecule has 1 heterocycles. The highest BCUT2D eigenvalue weighted by Crippen LogP contribution is 2.20. The number of rotatable bonds is 4. The second-order valence-corrected chi connectivity index (χ2v) is 4.18. The molecule has 2 N–H and O–H groups in total. The summed E-state index contributed by atoms with van der Waals surface area (Å²) in [5.41, 5.74) is 3.47. The van der Waals surface area contributed by atoms with Crippen molar-refractivity contribution in [3.63, 3.8) is 0 Å². The topological polar surface area (TPSA) is 50.1 Å². The van der Waals surface area contributed by atoms with E-state index in [2.05, 4.69) is 24.3 Å². The van der Waals surface area contributed by atoms with Crippen LogP contribution in [-0.4, -0.2) is 27.5 Å². The standard InChI is InChI=1S/C11H21N3O/c1-7(6-15)12-8(2)11-9(3)13-14(5)10(11)4/h7-8,12,15H,6H2,1-5H3/t7-,8?/m1/s1. The second kappa shape index (κ2) is 4.77. The Morgan fingerprint density at radius 2 is 2.00 bits per heavy atom. The van der Waals surface area contributed by atoms with Crippen LogP contribution in [0.25, 0.3) is 0 Å². The molecule has 86 valence electrons. The second-order valence-electron chi connectivity index (χ2n) is 4.18. The summed E-state index contributed by atoms with van der Waals surface area (Å²) in [5.74, 6) is 0. The molecule has 0 saturated carbocycles. The first-order valence-corrected chi connectivity index (χ1v) is 5.34. The summed E-state index contributed by atoms with van der Waals surface area (Å²) in [6.07, 6.45) is 0. The fourth-order valence-corrected chi connectivity index (χ4v) is 1.98. The first-order chi connectivity index (χ1) is 6.97. The Kier molecular flexibility index (Phi) is 3.88. The average molecular weight is 211 g/mol. The molecule has 0 aliphatic rings. The van der Waals surface area contributed by atoms with Gasteiger partial charge in [0.2, 0.25) is 0 Å². The summed E-state index contributed by atoms with van der Waals surface area (Å²) < 4.78 is 1.90. The van der Waals surface area contributed by atoms with Crippen molar-refractivity contribution in [1.29, 1.82) is 0 Å². The van der Waals surface area contributed by atoms with E-state index in [4.69, 9.17) is 5.11 Å². The molecular formula is C11H21N3O. The van der Waals surface area contributed by atoms with E-state index in [1.54, 1.807) is 0 Å². The van der Waals surface area contributed by atoms with Crippen LogP contribution in [0.15, 0.2) is 0 Å². The van der Waals surface area contributed by atoms with Crippen LogP contribution in [0.3, 0.4) is 0 Å². The Hall–Kier alpha value is -0.870. The Morgan fingerprint density at radius 1 is 1.40 bits per heavy atom. The number of nitrogens with zero attached hydrogens (tertiary/aromatic N) is 2. The van der Waals surface area contributed by atoms with Crippen LogP contribution >= 0.6 is 0 Å². The minimum absolute atomic E-state index is 0.110. The van der Waals surface area contributed by atoms with Crippen molar-refractivity contribution in [1.82, 2.24) is 15.1 Å². The van der Waals surface area contributed by atoms with E-state index in [-0.39, 0.29) is 18.7 Å². The van der Waals surface area contributed by atoms with E-state index in [9.17, 15) is 0 Å². The largest absolute Gasteiger partial charge is 0.395 e. The third-order valence-corrected chi connectivity index (χ3v) is 2.81. The molecule has 1 aromatic rings. The smallest absolute Gasteiger partial charge is 0.0644 e. The fourth-order valence-electron chi connectivity index (χ4n) is 1.98. The number of hydrogen-bond acceptors (Lipinski definition) is 3. The third-order valence-electron chi connectivity index (χ3n) is 2.81. The first-order valence-electron chi connectivity index (χ1n) is 5.34. The maximum absolute atomic E-state index is 8.99. The van der Waals surface area contributed by atoms with Crippen molar-refractivity contribution in [2.45, 2.75) is 39.8 Å². The lowest BCUT2D eigenvalue weighted by molar-refractivity contribution is 0.243. The van der Waals surface area contributed by atoms with Gasteiger partial charge in [-0.3, -0.25) is 4.68 Å². The van der Waals surface area contributed by atoms with E-state index in [1.165, 1.54) is 11.3 Å². The van der Waals surface area contributed by atoms with Gasteiger partial charge in [0.15, 0.2) is 0 Å². The van der Waals surface area contributed by atoms with Crippen LogP contribution in [0.2, 0.25) is 0 Å². The van der Waals surface area contributed by atoms with Gasteiger partial charge in [0, 0.05) is 30.4 Å². The van der Waals surface area contributed by atoms with Crippen LogP contribution < -0.4 is 5.32 Å². The molecule has 0 aliphatic heterocycles. The van der Waals surface area contributed by atoms with Crippen molar-refractivity contribution in [3.8, 4) is 0 Å². The van der Waals surface area contributed by atoms with Gasteiger partial charge in [-0.1, -0.05) is 0 Å². The highest BCUT2D eigenvalue weighted by molar-refractivity contribution is 5.27. The third kappa shape index (κ3) is 2.58.